The molecule has 0 amide bonds. The number of hydrogen-bond acceptors (Lipinski definition) is 2. The Morgan fingerprint density at radius 1 is 0.950 bits per heavy atom. The van der Waals surface area contributed by atoms with E-state index >= 15 is 0 Å². The largest absolute Gasteiger partial charge is 0.478 e. The van der Waals surface area contributed by atoms with Gasteiger partial charge in [0.1, 0.15) is 0 Å². The topological polar surface area (TPSA) is 63.3 Å². The molecule has 0 heterocycles. The van der Waals surface area contributed by atoms with E-state index in [0.717, 1.165) is 10.9 Å². The Hall–Kier alpha value is -2.81. The number of carbonyl (C=O) groups is 1. The second-order valence-corrected chi connectivity index (χ2v) is 4.61. The molecule has 3 aromatic rings. The Morgan fingerprint density at radius 2 is 1.60 bits per heavy atom. The maximum Gasteiger partial charge on any atom is 0.337 e. The Bertz CT molecular complexity index is 795. The van der Waals surface area contributed by atoms with E-state index < -0.39 is 5.97 Å². The third-order valence-corrected chi connectivity index (χ3v) is 3.36. The number of anilines is 1. The molecule has 0 radical (unpaired) electrons. The Balaban J connectivity index is 2.45. The minimum Gasteiger partial charge on any atom is -0.478 e. The van der Waals surface area contributed by atoms with Crippen LogP contribution in [0, 0.1) is 0 Å². The van der Waals surface area contributed by atoms with Crippen molar-refractivity contribution in [1.82, 2.24) is 0 Å². The van der Waals surface area contributed by atoms with Crippen molar-refractivity contribution in [2.75, 3.05) is 5.73 Å². The summed E-state index contributed by atoms with van der Waals surface area (Å²) in [6.45, 7) is 0. The van der Waals surface area contributed by atoms with Crippen molar-refractivity contribution in [3.8, 4) is 11.1 Å². The average Bonchev–Trinajstić information content (AvgIpc) is 2.46. The van der Waals surface area contributed by atoms with Gasteiger partial charge < -0.3 is 10.8 Å². The van der Waals surface area contributed by atoms with E-state index in [0.29, 0.717) is 16.6 Å². The number of aromatic carboxylic acids is 1. The molecule has 0 aliphatic rings. The van der Waals surface area contributed by atoms with Crippen LogP contribution in [-0.4, -0.2) is 11.1 Å². The van der Waals surface area contributed by atoms with Gasteiger partial charge in [0.2, 0.25) is 0 Å². The highest BCUT2D eigenvalue weighted by Crippen LogP contribution is 2.35. The van der Waals surface area contributed by atoms with E-state index in [-0.39, 0.29) is 5.56 Å². The fourth-order valence-electron chi connectivity index (χ4n) is 2.51. The summed E-state index contributed by atoms with van der Waals surface area (Å²) in [5, 5.41) is 11.1. The minimum atomic E-state index is -0.965. The summed E-state index contributed by atoms with van der Waals surface area (Å²) in [6, 6.07) is 18.6. The number of hydrogen-bond donors (Lipinski definition) is 2. The Labute approximate surface area is 116 Å². The molecule has 0 saturated carbocycles. The van der Waals surface area contributed by atoms with Crippen molar-refractivity contribution in [2.45, 2.75) is 0 Å². The first kappa shape index (κ1) is 12.2. The monoisotopic (exact) mass is 263 g/mol. The van der Waals surface area contributed by atoms with Gasteiger partial charge in [-0.25, -0.2) is 4.79 Å². The molecule has 98 valence electrons. The predicted octanol–water partition coefficient (Wildman–Crippen LogP) is 3.79. The number of rotatable bonds is 2. The summed E-state index contributed by atoms with van der Waals surface area (Å²) in [6.07, 6.45) is 0. The van der Waals surface area contributed by atoms with Crippen molar-refractivity contribution in [3.63, 3.8) is 0 Å². The molecule has 3 heteroatoms. The molecule has 3 nitrogen and oxygen atoms in total. The third kappa shape index (κ3) is 1.89. The molecule has 0 aliphatic carbocycles. The van der Waals surface area contributed by atoms with Gasteiger partial charge in [-0.1, -0.05) is 54.6 Å². The van der Waals surface area contributed by atoms with Gasteiger partial charge in [-0.3, -0.25) is 0 Å². The van der Waals surface area contributed by atoms with Crippen molar-refractivity contribution in [2.24, 2.45) is 0 Å². The summed E-state index contributed by atoms with van der Waals surface area (Å²) in [5.74, 6) is -0.965. The molecule has 0 atom stereocenters. The molecular weight excluding hydrogens is 250 g/mol. The highest BCUT2D eigenvalue weighted by molar-refractivity contribution is 6.12. The molecule has 0 aromatic heterocycles. The standard InChI is InChI=1S/C17H13NO2/c18-14-10-12-8-4-5-9-13(12)16(17(19)20)15(14)11-6-2-1-3-7-11/h1-10H,18H2,(H,19,20). The van der Waals surface area contributed by atoms with Gasteiger partial charge in [0.25, 0.3) is 0 Å². The summed E-state index contributed by atoms with van der Waals surface area (Å²) < 4.78 is 0. The third-order valence-electron chi connectivity index (χ3n) is 3.36. The molecule has 0 fully saturated rings. The van der Waals surface area contributed by atoms with E-state index in [1.165, 1.54) is 0 Å². The SMILES string of the molecule is Nc1cc2ccccc2c(C(=O)O)c1-c1ccccc1. The zero-order valence-corrected chi connectivity index (χ0v) is 10.7. The summed E-state index contributed by atoms with van der Waals surface area (Å²) >= 11 is 0. The van der Waals surface area contributed by atoms with Gasteiger partial charge in [0.15, 0.2) is 0 Å². The first-order valence-corrected chi connectivity index (χ1v) is 6.28. The Kier molecular flexibility index (Phi) is 2.88. The lowest BCUT2D eigenvalue weighted by atomic mass is 9.92. The van der Waals surface area contributed by atoms with Crippen LogP contribution in [0.3, 0.4) is 0 Å². The zero-order chi connectivity index (χ0) is 14.1. The maximum absolute atomic E-state index is 11.7. The van der Waals surface area contributed by atoms with Gasteiger partial charge >= 0.3 is 5.97 Å². The lowest BCUT2D eigenvalue weighted by Crippen LogP contribution is -2.04. The van der Waals surface area contributed by atoms with Crippen molar-refractivity contribution in [1.29, 1.82) is 0 Å². The number of carboxylic acid groups (broad SMARTS) is 1. The van der Waals surface area contributed by atoms with E-state index in [9.17, 15) is 9.90 Å². The van der Waals surface area contributed by atoms with Crippen LogP contribution in [-0.2, 0) is 0 Å². The van der Waals surface area contributed by atoms with Crippen molar-refractivity contribution in [3.05, 3.63) is 66.2 Å². The van der Waals surface area contributed by atoms with Gasteiger partial charge in [-0.15, -0.1) is 0 Å². The second kappa shape index (κ2) is 4.70. The van der Waals surface area contributed by atoms with E-state index in [1.807, 2.05) is 60.7 Å². The van der Waals surface area contributed by atoms with Crippen LogP contribution < -0.4 is 5.73 Å². The van der Waals surface area contributed by atoms with Gasteiger partial charge in [-0.05, 0) is 22.4 Å². The molecule has 20 heavy (non-hydrogen) atoms. The van der Waals surface area contributed by atoms with Crippen LogP contribution in [0.1, 0.15) is 10.4 Å². The molecule has 0 unspecified atom stereocenters. The lowest BCUT2D eigenvalue weighted by Gasteiger charge is -2.13. The molecule has 0 saturated heterocycles. The van der Waals surface area contributed by atoms with Crippen LogP contribution in [0.25, 0.3) is 21.9 Å². The maximum atomic E-state index is 11.7. The smallest absolute Gasteiger partial charge is 0.337 e. The number of carboxylic acids is 1. The van der Waals surface area contributed by atoms with Crippen molar-refractivity contribution >= 4 is 22.4 Å². The van der Waals surface area contributed by atoms with E-state index in [2.05, 4.69) is 0 Å². The first-order chi connectivity index (χ1) is 9.68. The number of nitrogen functional groups attached to an aromatic ring is 1. The summed E-state index contributed by atoms with van der Waals surface area (Å²) in [7, 11) is 0. The second-order valence-electron chi connectivity index (χ2n) is 4.61. The number of benzene rings is 3. The normalized spacial score (nSPS) is 10.6. The molecule has 3 N–H and O–H groups in total. The molecule has 0 aliphatic heterocycles. The van der Waals surface area contributed by atoms with Crippen LogP contribution in [0.15, 0.2) is 60.7 Å². The van der Waals surface area contributed by atoms with E-state index in [4.69, 9.17) is 5.73 Å². The molecule has 3 rings (SSSR count). The molecule has 0 bridgehead atoms. The quantitative estimate of drug-likeness (QED) is 0.691. The zero-order valence-electron chi connectivity index (χ0n) is 10.7. The minimum absolute atomic E-state index is 0.256. The van der Waals surface area contributed by atoms with Crippen LogP contribution in [0.5, 0.6) is 0 Å². The fourth-order valence-corrected chi connectivity index (χ4v) is 2.51. The van der Waals surface area contributed by atoms with Gasteiger partial charge in [-0.2, -0.15) is 0 Å². The van der Waals surface area contributed by atoms with Gasteiger partial charge in [0.05, 0.1) is 5.56 Å². The molecule has 0 spiro atoms. The molecule has 3 aromatic carbocycles. The highest BCUT2D eigenvalue weighted by Gasteiger charge is 2.18. The average molecular weight is 263 g/mol. The summed E-state index contributed by atoms with van der Waals surface area (Å²) in [5.41, 5.74) is 8.22. The number of nitrogens with two attached hydrogens (primary N) is 1. The van der Waals surface area contributed by atoms with Crippen molar-refractivity contribution < 1.29 is 9.90 Å². The lowest BCUT2D eigenvalue weighted by molar-refractivity contribution is 0.0700. The Morgan fingerprint density at radius 3 is 2.30 bits per heavy atom. The predicted molar refractivity (Wildman–Crippen MR) is 80.8 cm³/mol. The van der Waals surface area contributed by atoms with Crippen LogP contribution in [0.2, 0.25) is 0 Å². The summed E-state index contributed by atoms with van der Waals surface area (Å²) in [4.78, 5) is 11.7. The highest BCUT2D eigenvalue weighted by atomic mass is 16.4. The first-order valence-electron chi connectivity index (χ1n) is 6.28. The fraction of sp³-hybridized carbons (Fsp3) is 0. The van der Waals surface area contributed by atoms with E-state index in [1.54, 1.807) is 0 Å². The van der Waals surface area contributed by atoms with Crippen LogP contribution >= 0.6 is 0 Å². The van der Waals surface area contributed by atoms with Gasteiger partial charge in [0, 0.05) is 11.3 Å². The number of fused-ring (bicyclic) bond motifs is 1. The van der Waals surface area contributed by atoms with Crippen LogP contribution in [0.4, 0.5) is 5.69 Å². The molecular formula is C17H13NO2.